The highest BCUT2D eigenvalue weighted by molar-refractivity contribution is 7.09. The molecule has 0 aromatic carbocycles. The lowest BCUT2D eigenvalue weighted by molar-refractivity contribution is -0.127. The van der Waals surface area contributed by atoms with Crippen molar-refractivity contribution in [3.63, 3.8) is 0 Å². The third kappa shape index (κ3) is 2.75. The van der Waals surface area contributed by atoms with Gasteiger partial charge in [-0.3, -0.25) is 0 Å². The van der Waals surface area contributed by atoms with Gasteiger partial charge in [-0.05, 0) is 0 Å². The molecule has 1 heterocycles. The standard InChI is InChI=1S/C5H4F3NOS/c6-5(7,8)1-4-9-3(10)2-11-4/h2,10H,1H2. The Morgan fingerprint density at radius 2 is 2.18 bits per heavy atom. The van der Waals surface area contributed by atoms with Crippen LogP contribution in [0.1, 0.15) is 5.01 Å². The summed E-state index contributed by atoms with van der Waals surface area (Å²) in [7, 11) is 0. The molecule has 6 heteroatoms. The maximum absolute atomic E-state index is 11.6. The van der Waals surface area contributed by atoms with Crippen LogP contribution >= 0.6 is 11.3 Å². The van der Waals surface area contributed by atoms with Crippen LogP contribution in [0.15, 0.2) is 5.38 Å². The van der Waals surface area contributed by atoms with Crippen LogP contribution in [0.4, 0.5) is 13.2 Å². The fourth-order valence-electron chi connectivity index (χ4n) is 0.554. The van der Waals surface area contributed by atoms with Gasteiger partial charge in [0.05, 0.1) is 11.8 Å². The van der Waals surface area contributed by atoms with E-state index in [-0.39, 0.29) is 10.9 Å². The Kier molecular flexibility index (Phi) is 2.03. The molecule has 0 saturated carbocycles. The first-order valence-electron chi connectivity index (χ1n) is 2.67. The molecule has 1 aromatic rings. The number of alkyl halides is 3. The van der Waals surface area contributed by atoms with Crippen molar-refractivity contribution in [1.82, 2.24) is 4.98 Å². The molecule has 0 unspecified atom stereocenters. The van der Waals surface area contributed by atoms with E-state index in [1.165, 1.54) is 5.38 Å². The lowest BCUT2D eigenvalue weighted by Gasteiger charge is -2.00. The summed E-state index contributed by atoms with van der Waals surface area (Å²) in [6.07, 6.45) is -5.32. The maximum Gasteiger partial charge on any atom is 0.395 e. The molecule has 0 amide bonds. The molecule has 2 nitrogen and oxygen atoms in total. The van der Waals surface area contributed by atoms with Crippen LogP contribution in [-0.2, 0) is 6.42 Å². The molecule has 0 aliphatic carbocycles. The molecule has 0 aliphatic heterocycles. The van der Waals surface area contributed by atoms with Gasteiger partial charge in [0.1, 0.15) is 5.01 Å². The first-order valence-corrected chi connectivity index (χ1v) is 3.55. The van der Waals surface area contributed by atoms with Gasteiger partial charge in [0, 0.05) is 0 Å². The predicted molar refractivity (Wildman–Crippen MR) is 33.5 cm³/mol. The van der Waals surface area contributed by atoms with E-state index >= 15 is 0 Å². The topological polar surface area (TPSA) is 33.1 Å². The van der Waals surface area contributed by atoms with Gasteiger partial charge in [-0.25, -0.2) is 4.98 Å². The van der Waals surface area contributed by atoms with Crippen molar-refractivity contribution < 1.29 is 18.3 Å². The minimum absolute atomic E-state index is 0.116. The van der Waals surface area contributed by atoms with E-state index in [1.54, 1.807) is 0 Å². The summed E-state index contributed by atoms with van der Waals surface area (Å²) in [5, 5.41) is 9.63. The van der Waals surface area contributed by atoms with E-state index in [2.05, 4.69) is 4.98 Å². The van der Waals surface area contributed by atoms with E-state index in [4.69, 9.17) is 5.11 Å². The summed E-state index contributed by atoms with van der Waals surface area (Å²) < 4.78 is 34.9. The van der Waals surface area contributed by atoms with E-state index < -0.39 is 12.6 Å². The zero-order valence-electron chi connectivity index (χ0n) is 5.22. The Morgan fingerprint density at radius 3 is 2.55 bits per heavy atom. The van der Waals surface area contributed by atoms with Crippen molar-refractivity contribution in [3.05, 3.63) is 10.4 Å². The zero-order valence-corrected chi connectivity index (χ0v) is 6.04. The third-order valence-electron chi connectivity index (χ3n) is 0.891. The van der Waals surface area contributed by atoms with Gasteiger partial charge in [0.2, 0.25) is 5.88 Å². The fraction of sp³-hybridized carbons (Fsp3) is 0.400. The van der Waals surface area contributed by atoms with Crippen molar-refractivity contribution in [2.45, 2.75) is 12.6 Å². The van der Waals surface area contributed by atoms with Gasteiger partial charge in [-0.2, -0.15) is 13.2 Å². The Hall–Kier alpha value is -0.780. The molecule has 0 bridgehead atoms. The minimum Gasteiger partial charge on any atom is -0.493 e. The summed E-state index contributed by atoms with van der Waals surface area (Å²) in [5.41, 5.74) is 0. The molecule has 0 atom stereocenters. The van der Waals surface area contributed by atoms with Crippen molar-refractivity contribution >= 4 is 11.3 Å². The van der Waals surface area contributed by atoms with Crippen LogP contribution in [-0.4, -0.2) is 16.3 Å². The fourth-order valence-corrected chi connectivity index (χ4v) is 1.24. The summed E-state index contributed by atoms with van der Waals surface area (Å²) in [6, 6.07) is 0. The molecule has 1 aromatic heterocycles. The molecular formula is C5H4F3NOS. The highest BCUT2D eigenvalue weighted by Crippen LogP contribution is 2.24. The Bertz CT molecular complexity index is 244. The summed E-state index contributed by atoms with van der Waals surface area (Å²) in [6.45, 7) is 0. The predicted octanol–water partition coefficient (Wildman–Crippen LogP) is 1.95. The third-order valence-corrected chi connectivity index (χ3v) is 1.73. The van der Waals surface area contributed by atoms with E-state index in [1.807, 2.05) is 0 Å². The van der Waals surface area contributed by atoms with Gasteiger partial charge < -0.3 is 5.11 Å². The summed E-state index contributed by atoms with van der Waals surface area (Å²) in [5.74, 6) is -0.353. The average Bonchev–Trinajstić information content (AvgIpc) is 2.10. The van der Waals surface area contributed by atoms with Gasteiger partial charge in [-0.1, -0.05) is 0 Å². The monoisotopic (exact) mass is 183 g/mol. The molecule has 1 N–H and O–H groups in total. The van der Waals surface area contributed by atoms with Gasteiger partial charge in [0.25, 0.3) is 0 Å². The second kappa shape index (κ2) is 2.69. The Balaban J connectivity index is 2.65. The van der Waals surface area contributed by atoms with Crippen molar-refractivity contribution in [3.8, 4) is 5.88 Å². The SMILES string of the molecule is Oc1csc(CC(F)(F)F)n1. The molecule has 0 spiro atoms. The van der Waals surface area contributed by atoms with E-state index in [0.29, 0.717) is 0 Å². The van der Waals surface area contributed by atoms with Crippen molar-refractivity contribution in [1.29, 1.82) is 0 Å². The minimum atomic E-state index is -4.25. The molecule has 1 rings (SSSR count). The number of nitrogens with zero attached hydrogens (tertiary/aromatic N) is 1. The zero-order chi connectivity index (χ0) is 8.48. The molecular weight excluding hydrogens is 179 g/mol. The second-order valence-electron chi connectivity index (χ2n) is 1.89. The summed E-state index contributed by atoms with van der Waals surface area (Å²) >= 11 is 0.795. The Labute approximate surface area is 64.3 Å². The number of aromatic hydroxyl groups is 1. The van der Waals surface area contributed by atoms with Crippen molar-refractivity contribution in [2.24, 2.45) is 0 Å². The summed E-state index contributed by atoms with van der Waals surface area (Å²) in [4.78, 5) is 3.25. The highest BCUT2D eigenvalue weighted by atomic mass is 32.1. The number of halogens is 3. The normalized spacial score (nSPS) is 11.9. The molecule has 0 aliphatic rings. The largest absolute Gasteiger partial charge is 0.493 e. The van der Waals surface area contributed by atoms with Gasteiger partial charge >= 0.3 is 6.18 Å². The lowest BCUT2D eigenvalue weighted by Crippen LogP contribution is -2.10. The Morgan fingerprint density at radius 1 is 1.55 bits per heavy atom. The molecule has 62 valence electrons. The van der Waals surface area contributed by atoms with Crippen LogP contribution in [0.25, 0.3) is 0 Å². The van der Waals surface area contributed by atoms with E-state index in [0.717, 1.165) is 11.3 Å². The number of rotatable bonds is 1. The number of hydrogen-bond donors (Lipinski definition) is 1. The second-order valence-corrected chi connectivity index (χ2v) is 2.83. The maximum atomic E-state index is 11.6. The highest BCUT2D eigenvalue weighted by Gasteiger charge is 2.29. The van der Waals surface area contributed by atoms with Crippen LogP contribution in [0, 0.1) is 0 Å². The molecule has 0 saturated heterocycles. The number of thiazole rings is 1. The van der Waals surface area contributed by atoms with Crippen LogP contribution < -0.4 is 0 Å². The lowest BCUT2D eigenvalue weighted by atomic mass is 10.4. The quantitative estimate of drug-likeness (QED) is 0.721. The number of aromatic nitrogens is 1. The van der Waals surface area contributed by atoms with Crippen molar-refractivity contribution in [2.75, 3.05) is 0 Å². The van der Waals surface area contributed by atoms with Gasteiger partial charge in [-0.15, -0.1) is 11.3 Å². The molecule has 0 fully saturated rings. The first kappa shape index (κ1) is 8.32. The number of hydrogen-bond acceptors (Lipinski definition) is 3. The van der Waals surface area contributed by atoms with Crippen LogP contribution in [0.3, 0.4) is 0 Å². The van der Waals surface area contributed by atoms with Crippen LogP contribution in [0.2, 0.25) is 0 Å². The first-order chi connectivity index (χ1) is 4.97. The smallest absolute Gasteiger partial charge is 0.395 e. The van der Waals surface area contributed by atoms with Gasteiger partial charge in [0.15, 0.2) is 0 Å². The van der Waals surface area contributed by atoms with Crippen LogP contribution in [0.5, 0.6) is 5.88 Å². The molecule has 11 heavy (non-hydrogen) atoms. The average molecular weight is 183 g/mol. The van der Waals surface area contributed by atoms with E-state index in [9.17, 15) is 13.2 Å². The molecule has 0 radical (unpaired) electrons.